The van der Waals surface area contributed by atoms with Crippen LogP contribution >= 0.6 is 11.8 Å². The molecular formula is C19H34N4O6S. The van der Waals surface area contributed by atoms with E-state index in [1.165, 1.54) is 16.7 Å². The zero-order valence-electron chi connectivity index (χ0n) is 17.8. The van der Waals surface area contributed by atoms with Crippen LogP contribution in [0.1, 0.15) is 39.5 Å². The highest BCUT2D eigenvalue weighted by molar-refractivity contribution is 7.98. The van der Waals surface area contributed by atoms with Crippen molar-refractivity contribution in [3.05, 3.63) is 0 Å². The standard InChI is InChI=1S/C19H34N4O6S/c1-4-11(2)15(17(26)21-13(19(28)29)7-9-30-3)22-16(25)14-6-5-8-23(14)18(27)12(20)10-24/h11-15,24H,4-10,20H2,1-3H3,(H,21,26)(H,22,25)(H,28,29). The Bertz CT molecular complexity index is 620. The Hall–Kier alpha value is -1.85. The summed E-state index contributed by atoms with van der Waals surface area (Å²) in [6, 6.07) is -3.84. The molecule has 1 heterocycles. The minimum absolute atomic E-state index is 0.241. The molecular weight excluding hydrogens is 412 g/mol. The lowest BCUT2D eigenvalue weighted by Crippen LogP contribution is -2.58. The van der Waals surface area contributed by atoms with Gasteiger partial charge in [-0.15, -0.1) is 0 Å². The smallest absolute Gasteiger partial charge is 0.326 e. The minimum Gasteiger partial charge on any atom is -0.480 e. The summed E-state index contributed by atoms with van der Waals surface area (Å²) in [7, 11) is 0. The second-order valence-corrected chi connectivity index (χ2v) is 8.52. The fourth-order valence-corrected chi connectivity index (χ4v) is 3.77. The zero-order valence-corrected chi connectivity index (χ0v) is 18.6. The molecule has 0 bridgehead atoms. The number of nitrogens with two attached hydrogens (primary N) is 1. The first-order valence-corrected chi connectivity index (χ1v) is 11.6. The second-order valence-electron chi connectivity index (χ2n) is 7.53. The Kier molecular flexibility index (Phi) is 11.1. The first-order valence-electron chi connectivity index (χ1n) is 10.2. The third kappa shape index (κ3) is 7.13. The van der Waals surface area contributed by atoms with Crippen LogP contribution in [0.5, 0.6) is 0 Å². The zero-order chi connectivity index (χ0) is 22.8. The van der Waals surface area contributed by atoms with Crippen molar-refractivity contribution in [3.8, 4) is 0 Å². The Balaban J connectivity index is 2.90. The number of aliphatic carboxylic acids is 1. The van der Waals surface area contributed by atoms with Gasteiger partial charge in [0.1, 0.15) is 24.2 Å². The molecule has 11 heteroatoms. The fraction of sp³-hybridized carbons (Fsp3) is 0.789. The Morgan fingerprint density at radius 2 is 1.93 bits per heavy atom. The molecule has 6 N–H and O–H groups in total. The third-order valence-corrected chi connectivity index (χ3v) is 6.01. The number of nitrogens with one attached hydrogen (secondary N) is 2. The Morgan fingerprint density at radius 3 is 2.47 bits per heavy atom. The predicted octanol–water partition coefficient (Wildman–Crippen LogP) is -0.850. The van der Waals surface area contributed by atoms with Crippen LogP contribution in [-0.2, 0) is 19.2 Å². The van der Waals surface area contributed by atoms with Crippen molar-refractivity contribution in [3.63, 3.8) is 0 Å². The maximum atomic E-state index is 12.9. The van der Waals surface area contributed by atoms with Crippen LogP contribution in [-0.4, -0.2) is 88.1 Å². The Morgan fingerprint density at radius 1 is 1.27 bits per heavy atom. The minimum atomic E-state index is -1.13. The molecule has 0 aromatic carbocycles. The van der Waals surface area contributed by atoms with Crippen molar-refractivity contribution < 1.29 is 29.4 Å². The van der Waals surface area contributed by atoms with Gasteiger partial charge in [0.05, 0.1) is 6.61 Å². The van der Waals surface area contributed by atoms with Crippen LogP contribution in [0.4, 0.5) is 0 Å². The van der Waals surface area contributed by atoms with Crippen molar-refractivity contribution in [2.45, 2.75) is 63.7 Å². The molecule has 1 aliphatic rings. The molecule has 3 amide bonds. The largest absolute Gasteiger partial charge is 0.480 e. The average molecular weight is 447 g/mol. The molecule has 0 aliphatic carbocycles. The number of amides is 3. The summed E-state index contributed by atoms with van der Waals surface area (Å²) >= 11 is 1.48. The number of carboxylic acid groups (broad SMARTS) is 1. The molecule has 0 spiro atoms. The molecule has 0 saturated carbocycles. The molecule has 1 fully saturated rings. The molecule has 1 aliphatic heterocycles. The van der Waals surface area contributed by atoms with Gasteiger partial charge in [0, 0.05) is 6.54 Å². The first kappa shape index (κ1) is 26.2. The second kappa shape index (κ2) is 12.8. The molecule has 1 rings (SSSR count). The van der Waals surface area contributed by atoms with Gasteiger partial charge in [0.25, 0.3) is 0 Å². The van der Waals surface area contributed by atoms with Crippen molar-refractivity contribution in [1.82, 2.24) is 15.5 Å². The number of likely N-dealkylation sites (tertiary alicyclic amines) is 1. The van der Waals surface area contributed by atoms with E-state index in [4.69, 9.17) is 10.8 Å². The topological polar surface area (TPSA) is 162 Å². The van der Waals surface area contributed by atoms with E-state index in [-0.39, 0.29) is 12.3 Å². The lowest BCUT2D eigenvalue weighted by molar-refractivity contribution is -0.143. The third-order valence-electron chi connectivity index (χ3n) is 5.37. The highest BCUT2D eigenvalue weighted by atomic mass is 32.2. The SMILES string of the molecule is CCC(C)C(NC(=O)C1CCCN1C(=O)C(N)CO)C(=O)NC(CCSC)C(=O)O. The molecule has 172 valence electrons. The monoisotopic (exact) mass is 446 g/mol. The Labute approximate surface area is 181 Å². The maximum Gasteiger partial charge on any atom is 0.326 e. The molecule has 0 radical (unpaired) electrons. The summed E-state index contributed by atoms with van der Waals surface area (Å²) in [6.45, 7) is 3.49. The van der Waals surface area contributed by atoms with Crippen molar-refractivity contribution in [1.29, 1.82) is 0 Å². The van der Waals surface area contributed by atoms with Gasteiger partial charge in [-0.2, -0.15) is 11.8 Å². The van der Waals surface area contributed by atoms with Gasteiger partial charge in [-0.3, -0.25) is 14.4 Å². The fourth-order valence-electron chi connectivity index (χ4n) is 3.30. The average Bonchev–Trinajstić information content (AvgIpc) is 3.22. The van der Waals surface area contributed by atoms with E-state index < -0.39 is 54.5 Å². The predicted molar refractivity (Wildman–Crippen MR) is 114 cm³/mol. The van der Waals surface area contributed by atoms with E-state index >= 15 is 0 Å². The van der Waals surface area contributed by atoms with E-state index in [0.29, 0.717) is 31.6 Å². The van der Waals surface area contributed by atoms with Gasteiger partial charge < -0.3 is 31.5 Å². The quantitative estimate of drug-likeness (QED) is 0.259. The van der Waals surface area contributed by atoms with Gasteiger partial charge in [-0.1, -0.05) is 20.3 Å². The van der Waals surface area contributed by atoms with E-state index in [1.807, 2.05) is 13.2 Å². The number of carboxylic acids is 1. The summed E-state index contributed by atoms with van der Waals surface area (Å²) in [5.74, 6) is -2.35. The van der Waals surface area contributed by atoms with E-state index in [1.54, 1.807) is 6.92 Å². The first-order chi connectivity index (χ1) is 14.2. The summed E-state index contributed by atoms with van der Waals surface area (Å²) in [5.41, 5.74) is 5.61. The number of nitrogens with zero attached hydrogens (tertiary/aromatic N) is 1. The van der Waals surface area contributed by atoms with Crippen LogP contribution in [0.3, 0.4) is 0 Å². The maximum absolute atomic E-state index is 12.9. The molecule has 1 saturated heterocycles. The van der Waals surface area contributed by atoms with Crippen LogP contribution in [0.2, 0.25) is 0 Å². The van der Waals surface area contributed by atoms with Gasteiger partial charge in [-0.05, 0) is 37.2 Å². The van der Waals surface area contributed by atoms with Gasteiger partial charge in [0.2, 0.25) is 17.7 Å². The number of thioether (sulfide) groups is 1. The molecule has 0 aromatic heterocycles. The number of aliphatic hydroxyl groups is 1. The normalized spacial score (nSPS) is 20.2. The number of carbonyl (C=O) groups excluding carboxylic acids is 3. The van der Waals surface area contributed by atoms with Crippen LogP contribution in [0.15, 0.2) is 0 Å². The molecule has 5 unspecified atom stereocenters. The summed E-state index contributed by atoms with van der Waals surface area (Å²) in [5, 5.41) is 23.7. The van der Waals surface area contributed by atoms with Crippen LogP contribution in [0.25, 0.3) is 0 Å². The van der Waals surface area contributed by atoms with Crippen molar-refractivity contribution >= 4 is 35.5 Å². The van der Waals surface area contributed by atoms with Crippen LogP contribution in [0, 0.1) is 5.92 Å². The highest BCUT2D eigenvalue weighted by Crippen LogP contribution is 2.19. The number of carbonyl (C=O) groups is 4. The lowest BCUT2D eigenvalue weighted by Gasteiger charge is -2.30. The number of hydrogen-bond donors (Lipinski definition) is 5. The van der Waals surface area contributed by atoms with Crippen molar-refractivity contribution in [2.24, 2.45) is 11.7 Å². The summed E-state index contributed by atoms with van der Waals surface area (Å²) in [4.78, 5) is 50.8. The van der Waals surface area contributed by atoms with E-state index in [9.17, 15) is 24.3 Å². The number of hydrogen-bond acceptors (Lipinski definition) is 7. The summed E-state index contributed by atoms with van der Waals surface area (Å²) in [6.07, 6.45) is 3.74. The van der Waals surface area contributed by atoms with Crippen molar-refractivity contribution in [2.75, 3.05) is 25.2 Å². The van der Waals surface area contributed by atoms with E-state index in [0.717, 1.165) is 0 Å². The number of rotatable bonds is 12. The highest BCUT2D eigenvalue weighted by Gasteiger charge is 2.38. The van der Waals surface area contributed by atoms with Gasteiger partial charge >= 0.3 is 5.97 Å². The molecule has 30 heavy (non-hydrogen) atoms. The van der Waals surface area contributed by atoms with Crippen LogP contribution < -0.4 is 16.4 Å². The number of aliphatic hydroxyl groups excluding tert-OH is 1. The lowest BCUT2D eigenvalue weighted by atomic mass is 9.97. The van der Waals surface area contributed by atoms with Gasteiger partial charge in [0.15, 0.2) is 0 Å². The molecule has 0 aromatic rings. The van der Waals surface area contributed by atoms with E-state index in [2.05, 4.69) is 10.6 Å². The molecule has 10 nitrogen and oxygen atoms in total. The summed E-state index contributed by atoms with van der Waals surface area (Å²) < 4.78 is 0. The van der Waals surface area contributed by atoms with Gasteiger partial charge in [-0.25, -0.2) is 4.79 Å². The molecule has 5 atom stereocenters.